The third-order valence-corrected chi connectivity index (χ3v) is 7.65. The lowest BCUT2D eigenvalue weighted by Crippen LogP contribution is -2.58. The summed E-state index contributed by atoms with van der Waals surface area (Å²) >= 11 is 6.51. The van der Waals surface area contributed by atoms with Gasteiger partial charge in [-0.15, -0.1) is 0 Å². The first-order chi connectivity index (χ1) is 20.1. The van der Waals surface area contributed by atoms with Gasteiger partial charge in [-0.3, -0.25) is 24.2 Å². The topological polar surface area (TPSA) is 87.0 Å². The lowest BCUT2D eigenvalue weighted by Gasteiger charge is -2.41. The lowest BCUT2D eigenvalue weighted by molar-refractivity contribution is -0.133. The van der Waals surface area contributed by atoms with Gasteiger partial charge in [0.05, 0.1) is 6.57 Å². The predicted octanol–water partition coefficient (Wildman–Crippen LogP) is 6.63. The minimum absolute atomic E-state index is 0. The van der Waals surface area contributed by atoms with Crippen LogP contribution in [0.1, 0.15) is 51.1 Å². The zero-order valence-electron chi connectivity index (χ0n) is 22.1. The van der Waals surface area contributed by atoms with E-state index in [0.717, 1.165) is 11.0 Å². The van der Waals surface area contributed by atoms with Crippen molar-refractivity contribution in [3.8, 4) is 0 Å². The number of alkyl halides is 2. The van der Waals surface area contributed by atoms with Gasteiger partial charge >= 0.3 is 0 Å². The lowest BCUT2D eigenvalue weighted by atomic mass is 9.87. The summed E-state index contributed by atoms with van der Waals surface area (Å²) in [7, 11) is 0. The fourth-order valence-corrected chi connectivity index (χ4v) is 5.57. The maximum Gasteiger partial charge on any atom is 0.252 e. The number of benzene rings is 2. The molecule has 1 saturated heterocycles. The first-order valence-electron chi connectivity index (χ1n) is 13.2. The zero-order chi connectivity index (χ0) is 30.0. The van der Waals surface area contributed by atoms with Crippen LogP contribution in [0.2, 0.25) is 5.02 Å². The standard InChI is InChI=1S/C30H25ClF3N5O3.CH4/c1-35-19-12-13-36-25(15-19)39-24(10-5-11-26(39)40)29(42)38(21-7-4-6-18(32)14-21)27(22-8-2-3-9-23(22)31)28(41)37-20-16-30(33,34)17-20;/h2-4,6-9,12-15,20,24,27H,5,10-11,16-17H2,(H,37,41);1H4/t24-,27-;/m0./s1. The number of aromatic nitrogens is 1. The molecule has 2 heterocycles. The summed E-state index contributed by atoms with van der Waals surface area (Å²) in [6, 6.07) is 10.6. The van der Waals surface area contributed by atoms with E-state index in [4.69, 9.17) is 18.2 Å². The molecule has 5 rings (SSSR count). The molecule has 0 bridgehead atoms. The molecule has 12 heteroatoms. The summed E-state index contributed by atoms with van der Waals surface area (Å²) in [5.74, 6) is -5.45. The minimum Gasteiger partial charge on any atom is -0.351 e. The van der Waals surface area contributed by atoms with Gasteiger partial charge in [0, 0.05) is 47.8 Å². The van der Waals surface area contributed by atoms with Gasteiger partial charge in [0.15, 0.2) is 5.69 Å². The Bertz CT molecular complexity index is 1570. The van der Waals surface area contributed by atoms with E-state index in [2.05, 4.69) is 15.1 Å². The van der Waals surface area contributed by atoms with Gasteiger partial charge in [-0.2, -0.15) is 0 Å². The maximum absolute atomic E-state index is 14.6. The molecule has 1 saturated carbocycles. The fraction of sp³-hybridized carbons (Fsp3) is 0.323. The molecule has 3 aromatic rings. The molecule has 1 aliphatic heterocycles. The number of anilines is 2. The van der Waals surface area contributed by atoms with E-state index in [0.29, 0.717) is 6.42 Å². The van der Waals surface area contributed by atoms with Crippen LogP contribution in [0.3, 0.4) is 0 Å². The Morgan fingerprint density at radius 3 is 2.56 bits per heavy atom. The molecule has 1 aromatic heterocycles. The average molecular weight is 612 g/mol. The number of halogens is 4. The van der Waals surface area contributed by atoms with Gasteiger partial charge in [-0.25, -0.2) is 23.0 Å². The first-order valence-corrected chi connectivity index (χ1v) is 13.6. The fourth-order valence-electron chi connectivity index (χ4n) is 5.33. The molecule has 0 spiro atoms. The van der Waals surface area contributed by atoms with Crippen LogP contribution in [0, 0.1) is 12.4 Å². The van der Waals surface area contributed by atoms with Crippen molar-refractivity contribution < 1.29 is 27.6 Å². The summed E-state index contributed by atoms with van der Waals surface area (Å²) in [6.45, 7) is 7.34. The largest absolute Gasteiger partial charge is 0.351 e. The summed E-state index contributed by atoms with van der Waals surface area (Å²) in [5.41, 5.74) is 0.388. The molecule has 43 heavy (non-hydrogen) atoms. The van der Waals surface area contributed by atoms with Crippen molar-refractivity contribution in [3.63, 3.8) is 0 Å². The van der Waals surface area contributed by atoms with Crippen LogP contribution in [-0.4, -0.2) is 40.7 Å². The number of hydrogen-bond acceptors (Lipinski definition) is 4. The van der Waals surface area contributed by atoms with E-state index in [9.17, 15) is 27.6 Å². The molecule has 2 fully saturated rings. The second kappa shape index (κ2) is 12.8. The number of amides is 3. The van der Waals surface area contributed by atoms with E-state index < -0.39 is 60.4 Å². The summed E-state index contributed by atoms with van der Waals surface area (Å²) < 4.78 is 41.8. The highest BCUT2D eigenvalue weighted by atomic mass is 35.5. The number of hydrogen-bond donors (Lipinski definition) is 1. The molecule has 224 valence electrons. The smallest absolute Gasteiger partial charge is 0.252 e. The highest BCUT2D eigenvalue weighted by Crippen LogP contribution is 2.40. The third-order valence-electron chi connectivity index (χ3n) is 7.31. The van der Waals surface area contributed by atoms with Crippen LogP contribution in [0.4, 0.5) is 30.4 Å². The molecule has 0 unspecified atom stereocenters. The van der Waals surface area contributed by atoms with Crippen LogP contribution >= 0.6 is 11.6 Å². The van der Waals surface area contributed by atoms with Crippen molar-refractivity contribution in [2.75, 3.05) is 9.80 Å². The Balaban J connectivity index is 0.00000423. The van der Waals surface area contributed by atoms with E-state index in [-0.39, 0.29) is 48.0 Å². The average Bonchev–Trinajstić information content (AvgIpc) is 2.95. The highest BCUT2D eigenvalue weighted by molar-refractivity contribution is 6.31. The summed E-state index contributed by atoms with van der Waals surface area (Å²) in [6.07, 6.45) is 0.895. The Hall–Kier alpha value is -4.43. The van der Waals surface area contributed by atoms with E-state index in [1.165, 1.54) is 53.6 Å². The van der Waals surface area contributed by atoms with E-state index in [1.807, 2.05) is 0 Å². The van der Waals surface area contributed by atoms with E-state index in [1.54, 1.807) is 12.1 Å². The molecular weight excluding hydrogens is 583 g/mol. The van der Waals surface area contributed by atoms with Crippen LogP contribution in [0.25, 0.3) is 4.85 Å². The Labute approximate surface area is 252 Å². The molecule has 1 N–H and O–H groups in total. The summed E-state index contributed by atoms with van der Waals surface area (Å²) in [4.78, 5) is 51.5. The van der Waals surface area contributed by atoms with Gasteiger partial charge in [0.25, 0.3) is 11.8 Å². The quantitative estimate of drug-likeness (QED) is 0.304. The molecule has 3 amide bonds. The number of carbonyl (C=O) groups excluding carboxylic acids is 3. The maximum atomic E-state index is 14.6. The van der Waals surface area contributed by atoms with Gasteiger partial charge < -0.3 is 5.32 Å². The van der Waals surface area contributed by atoms with Crippen LogP contribution in [-0.2, 0) is 14.4 Å². The zero-order valence-corrected chi connectivity index (χ0v) is 22.9. The first kappa shape index (κ1) is 31.5. The Morgan fingerprint density at radius 1 is 1.14 bits per heavy atom. The van der Waals surface area contributed by atoms with Gasteiger partial charge in [-0.1, -0.05) is 43.3 Å². The third kappa shape index (κ3) is 6.65. The van der Waals surface area contributed by atoms with Crippen LogP contribution in [0.15, 0.2) is 66.9 Å². The van der Waals surface area contributed by atoms with Crippen molar-refractivity contribution in [3.05, 3.63) is 94.7 Å². The van der Waals surface area contributed by atoms with Gasteiger partial charge in [-0.05, 0) is 49.2 Å². The van der Waals surface area contributed by atoms with Crippen LogP contribution < -0.4 is 15.1 Å². The van der Waals surface area contributed by atoms with Gasteiger partial charge in [0.1, 0.15) is 23.7 Å². The second-order valence-corrected chi connectivity index (χ2v) is 10.6. The molecule has 8 nitrogen and oxygen atoms in total. The Morgan fingerprint density at radius 2 is 1.88 bits per heavy atom. The molecule has 2 aliphatic rings. The number of nitrogens with zero attached hydrogens (tertiary/aromatic N) is 4. The highest BCUT2D eigenvalue weighted by Gasteiger charge is 2.48. The van der Waals surface area contributed by atoms with Crippen molar-refractivity contribution in [2.45, 2.75) is 63.6 Å². The SMILES string of the molecule is C.[C-]#[N+]c1ccnc(N2C(=O)CCC[C@H]2C(=O)N(c2cccc(F)c2)[C@H](C(=O)NC2CC(F)(F)C2)c2ccccc2Cl)c1. The molecule has 0 radical (unpaired) electrons. The van der Waals surface area contributed by atoms with Crippen molar-refractivity contribution in [1.82, 2.24) is 10.3 Å². The predicted molar refractivity (Wildman–Crippen MR) is 157 cm³/mol. The van der Waals surface area contributed by atoms with Gasteiger partial charge in [0.2, 0.25) is 11.8 Å². The molecular formula is C31H29ClF3N5O3. The van der Waals surface area contributed by atoms with Crippen molar-refractivity contribution >= 4 is 46.5 Å². The van der Waals surface area contributed by atoms with Crippen LogP contribution in [0.5, 0.6) is 0 Å². The molecule has 2 aromatic carbocycles. The Kier molecular flexibility index (Phi) is 9.40. The number of carbonyl (C=O) groups is 3. The van der Waals surface area contributed by atoms with Crippen molar-refractivity contribution in [1.29, 1.82) is 0 Å². The number of piperidine rings is 1. The number of rotatable bonds is 7. The molecule has 2 atom stereocenters. The normalized spacial score (nSPS) is 18.4. The minimum atomic E-state index is -2.91. The second-order valence-electron chi connectivity index (χ2n) is 10.2. The molecule has 1 aliphatic carbocycles. The number of pyridine rings is 1. The number of nitrogens with one attached hydrogen (secondary N) is 1. The van der Waals surface area contributed by atoms with Crippen molar-refractivity contribution in [2.24, 2.45) is 0 Å². The van der Waals surface area contributed by atoms with E-state index >= 15 is 0 Å². The monoisotopic (exact) mass is 611 g/mol. The summed E-state index contributed by atoms with van der Waals surface area (Å²) in [5, 5.41) is 2.72.